The summed E-state index contributed by atoms with van der Waals surface area (Å²) in [5.41, 5.74) is 1.68. The van der Waals surface area contributed by atoms with E-state index in [2.05, 4.69) is 11.6 Å². The van der Waals surface area contributed by atoms with E-state index in [1.165, 1.54) is 19.2 Å². The highest BCUT2D eigenvalue weighted by molar-refractivity contribution is 7.89. The van der Waals surface area contributed by atoms with Crippen LogP contribution in [-0.2, 0) is 21.2 Å². The van der Waals surface area contributed by atoms with Crippen LogP contribution in [0.5, 0.6) is 0 Å². The Morgan fingerprint density at radius 2 is 1.88 bits per heavy atom. The first-order valence-electron chi connectivity index (χ1n) is 7.83. The predicted molar refractivity (Wildman–Crippen MR) is 91.8 cm³/mol. The third-order valence-electron chi connectivity index (χ3n) is 3.74. The van der Waals surface area contributed by atoms with Gasteiger partial charge in [0, 0.05) is 13.7 Å². The van der Waals surface area contributed by atoms with Crippen LogP contribution in [0.3, 0.4) is 0 Å². The number of methoxy groups -OCH3 is 1. The summed E-state index contributed by atoms with van der Waals surface area (Å²) in [7, 11) is -2.18. The Balaban J connectivity index is 2.08. The summed E-state index contributed by atoms with van der Waals surface area (Å²) in [4.78, 5) is 0.205. The summed E-state index contributed by atoms with van der Waals surface area (Å²) in [6.45, 7) is 2.10. The van der Waals surface area contributed by atoms with E-state index >= 15 is 0 Å². The summed E-state index contributed by atoms with van der Waals surface area (Å²) < 4.78 is 45.9. The molecule has 0 aromatic heterocycles. The molecule has 24 heavy (non-hydrogen) atoms. The first-order chi connectivity index (χ1) is 11.5. The molecule has 1 N–H and O–H groups in total. The van der Waals surface area contributed by atoms with E-state index in [0.29, 0.717) is 5.56 Å². The Morgan fingerprint density at radius 1 is 1.17 bits per heavy atom. The smallest absolute Gasteiger partial charge is 0.240 e. The monoisotopic (exact) mass is 351 g/mol. The van der Waals surface area contributed by atoms with Crippen LogP contribution in [-0.4, -0.2) is 22.1 Å². The number of ether oxygens (including phenoxy) is 1. The Hall–Kier alpha value is -1.76. The molecule has 0 aliphatic carbocycles. The third-order valence-corrected chi connectivity index (χ3v) is 5.18. The van der Waals surface area contributed by atoms with Gasteiger partial charge in [0.2, 0.25) is 10.0 Å². The van der Waals surface area contributed by atoms with Crippen molar-refractivity contribution in [2.24, 2.45) is 0 Å². The Kier molecular flexibility index (Phi) is 6.48. The second-order valence-corrected chi connectivity index (χ2v) is 7.29. The molecular weight excluding hydrogens is 329 g/mol. The van der Waals surface area contributed by atoms with Gasteiger partial charge in [0.05, 0.1) is 11.0 Å². The zero-order valence-corrected chi connectivity index (χ0v) is 14.6. The quantitative estimate of drug-likeness (QED) is 0.793. The second kappa shape index (κ2) is 8.37. The predicted octanol–water partition coefficient (Wildman–Crippen LogP) is 3.44. The summed E-state index contributed by atoms with van der Waals surface area (Å²) >= 11 is 0. The van der Waals surface area contributed by atoms with Gasteiger partial charge >= 0.3 is 0 Å². The Labute approximate surface area is 142 Å². The Morgan fingerprint density at radius 3 is 2.46 bits per heavy atom. The van der Waals surface area contributed by atoms with Crippen molar-refractivity contribution in [3.63, 3.8) is 0 Å². The van der Waals surface area contributed by atoms with Gasteiger partial charge in [-0.15, -0.1) is 0 Å². The van der Waals surface area contributed by atoms with Crippen molar-refractivity contribution >= 4 is 10.0 Å². The SMILES string of the molecule is CCCc1ccc(S(=O)(=O)NCC(OC)c2cccc(F)c2)cc1. The molecule has 0 amide bonds. The molecule has 0 saturated carbocycles. The minimum Gasteiger partial charge on any atom is -0.375 e. The highest BCUT2D eigenvalue weighted by Gasteiger charge is 2.18. The number of hydrogen-bond donors (Lipinski definition) is 1. The van der Waals surface area contributed by atoms with Crippen LogP contribution in [0, 0.1) is 5.82 Å². The standard InChI is InChI=1S/C18H22FNO3S/c1-3-5-14-8-10-17(11-9-14)24(21,22)20-13-18(23-2)15-6-4-7-16(19)12-15/h4,6-12,18,20H,3,5,13H2,1-2H3. The number of rotatable bonds is 8. The molecule has 130 valence electrons. The molecule has 0 radical (unpaired) electrons. The van der Waals surface area contributed by atoms with E-state index in [4.69, 9.17) is 4.74 Å². The molecule has 4 nitrogen and oxygen atoms in total. The minimum atomic E-state index is -3.64. The molecule has 6 heteroatoms. The highest BCUT2D eigenvalue weighted by Crippen LogP contribution is 2.18. The molecule has 0 fully saturated rings. The molecule has 0 aliphatic rings. The zero-order valence-electron chi connectivity index (χ0n) is 13.8. The maximum atomic E-state index is 13.3. The van der Waals surface area contributed by atoms with E-state index in [0.717, 1.165) is 18.4 Å². The number of benzene rings is 2. The van der Waals surface area contributed by atoms with Crippen LogP contribution in [0.2, 0.25) is 0 Å². The van der Waals surface area contributed by atoms with Crippen LogP contribution < -0.4 is 4.72 Å². The lowest BCUT2D eigenvalue weighted by Crippen LogP contribution is -2.29. The first-order valence-corrected chi connectivity index (χ1v) is 9.31. The lowest BCUT2D eigenvalue weighted by atomic mass is 10.1. The van der Waals surface area contributed by atoms with Crippen LogP contribution in [0.4, 0.5) is 4.39 Å². The topological polar surface area (TPSA) is 55.4 Å². The van der Waals surface area contributed by atoms with Crippen molar-refractivity contribution < 1.29 is 17.5 Å². The van der Waals surface area contributed by atoms with Gasteiger partial charge in [-0.25, -0.2) is 17.5 Å². The van der Waals surface area contributed by atoms with Gasteiger partial charge in [0.15, 0.2) is 0 Å². The number of sulfonamides is 1. The van der Waals surface area contributed by atoms with Gasteiger partial charge in [-0.3, -0.25) is 0 Å². The van der Waals surface area contributed by atoms with Crippen molar-refractivity contribution in [2.45, 2.75) is 30.8 Å². The largest absolute Gasteiger partial charge is 0.375 e. The lowest BCUT2D eigenvalue weighted by Gasteiger charge is -2.17. The van der Waals surface area contributed by atoms with E-state index in [1.807, 2.05) is 12.1 Å². The minimum absolute atomic E-state index is 0.0268. The van der Waals surface area contributed by atoms with Crippen LogP contribution in [0.1, 0.15) is 30.6 Å². The van der Waals surface area contributed by atoms with E-state index in [-0.39, 0.29) is 17.3 Å². The molecule has 0 aliphatic heterocycles. The highest BCUT2D eigenvalue weighted by atomic mass is 32.2. The first kappa shape index (κ1) is 18.6. The summed E-state index contributed by atoms with van der Waals surface area (Å²) in [6.07, 6.45) is 1.36. The summed E-state index contributed by atoms with van der Waals surface area (Å²) in [5, 5.41) is 0. The number of aryl methyl sites for hydroxylation is 1. The van der Waals surface area contributed by atoms with Crippen molar-refractivity contribution in [1.82, 2.24) is 4.72 Å². The van der Waals surface area contributed by atoms with Crippen LogP contribution in [0.15, 0.2) is 53.4 Å². The molecule has 0 heterocycles. The van der Waals surface area contributed by atoms with E-state index in [1.54, 1.807) is 24.3 Å². The molecule has 2 aromatic rings. The number of halogens is 1. The normalized spacial score (nSPS) is 13.0. The maximum absolute atomic E-state index is 13.3. The average Bonchev–Trinajstić information content (AvgIpc) is 2.56. The van der Waals surface area contributed by atoms with Gasteiger partial charge < -0.3 is 4.74 Å². The average molecular weight is 351 g/mol. The summed E-state index contributed by atoms with van der Waals surface area (Å²) in [5.74, 6) is -0.385. The molecule has 1 atom stereocenters. The fourth-order valence-electron chi connectivity index (χ4n) is 2.44. The molecule has 0 spiro atoms. The van der Waals surface area contributed by atoms with Gasteiger partial charge in [0.25, 0.3) is 0 Å². The van der Waals surface area contributed by atoms with Crippen molar-refractivity contribution in [2.75, 3.05) is 13.7 Å². The number of hydrogen-bond acceptors (Lipinski definition) is 3. The zero-order chi connectivity index (χ0) is 17.6. The molecular formula is C18H22FNO3S. The lowest BCUT2D eigenvalue weighted by molar-refractivity contribution is 0.107. The van der Waals surface area contributed by atoms with Gasteiger partial charge in [-0.1, -0.05) is 37.6 Å². The van der Waals surface area contributed by atoms with Crippen LogP contribution >= 0.6 is 0 Å². The summed E-state index contributed by atoms with van der Waals surface area (Å²) in [6, 6.07) is 12.8. The fraction of sp³-hybridized carbons (Fsp3) is 0.333. The maximum Gasteiger partial charge on any atom is 0.240 e. The molecule has 1 unspecified atom stereocenters. The van der Waals surface area contributed by atoms with Gasteiger partial charge in [-0.05, 0) is 41.8 Å². The van der Waals surface area contributed by atoms with E-state index in [9.17, 15) is 12.8 Å². The molecule has 0 bridgehead atoms. The fourth-order valence-corrected chi connectivity index (χ4v) is 3.47. The van der Waals surface area contributed by atoms with Crippen molar-refractivity contribution in [3.8, 4) is 0 Å². The van der Waals surface area contributed by atoms with Gasteiger partial charge in [-0.2, -0.15) is 0 Å². The van der Waals surface area contributed by atoms with Crippen LogP contribution in [0.25, 0.3) is 0 Å². The Bertz CT molecular complexity index is 760. The molecule has 2 rings (SSSR count). The van der Waals surface area contributed by atoms with E-state index < -0.39 is 16.1 Å². The van der Waals surface area contributed by atoms with Gasteiger partial charge in [0.1, 0.15) is 5.82 Å². The number of nitrogens with one attached hydrogen (secondary N) is 1. The van der Waals surface area contributed by atoms with Crippen molar-refractivity contribution in [1.29, 1.82) is 0 Å². The third kappa shape index (κ3) is 4.87. The second-order valence-electron chi connectivity index (χ2n) is 5.53. The molecule has 0 saturated heterocycles. The van der Waals surface area contributed by atoms with Crippen molar-refractivity contribution in [3.05, 3.63) is 65.5 Å². The molecule has 2 aromatic carbocycles.